The highest BCUT2D eigenvalue weighted by Gasteiger charge is 2.29. The van der Waals surface area contributed by atoms with E-state index >= 15 is 0 Å². The van der Waals surface area contributed by atoms with E-state index in [0.29, 0.717) is 30.3 Å². The maximum Gasteiger partial charge on any atom is 0.319 e. The molecule has 0 saturated carbocycles. The van der Waals surface area contributed by atoms with E-state index < -0.39 is 10.7 Å². The van der Waals surface area contributed by atoms with Crippen LogP contribution in [0.2, 0.25) is 0 Å². The van der Waals surface area contributed by atoms with Gasteiger partial charge >= 0.3 is 5.97 Å². The molecule has 152 valence electrons. The number of benzene rings is 2. The number of carboxylic acid groups (broad SMARTS) is 1. The van der Waals surface area contributed by atoms with Crippen LogP contribution in [0, 0.1) is 5.82 Å². The molecule has 0 unspecified atom stereocenters. The van der Waals surface area contributed by atoms with Crippen LogP contribution in [0.4, 0.5) is 4.39 Å². The van der Waals surface area contributed by atoms with Gasteiger partial charge in [0.2, 0.25) is 0 Å². The lowest BCUT2D eigenvalue weighted by Gasteiger charge is -2.15. The van der Waals surface area contributed by atoms with E-state index in [-0.39, 0.29) is 5.82 Å². The SMILES string of the molecule is CC(C)(Sc1nc(CCOc2ccc(Oc3ccc(F)cc3)cc2)cs1)C(=O)O. The van der Waals surface area contributed by atoms with Crippen molar-refractivity contribution in [2.45, 2.75) is 29.4 Å². The quantitative estimate of drug-likeness (QED) is 0.440. The number of rotatable bonds is 9. The monoisotopic (exact) mass is 433 g/mol. The van der Waals surface area contributed by atoms with Crippen molar-refractivity contribution >= 4 is 29.1 Å². The highest BCUT2D eigenvalue weighted by molar-refractivity contribution is 8.02. The largest absolute Gasteiger partial charge is 0.493 e. The summed E-state index contributed by atoms with van der Waals surface area (Å²) in [5.74, 6) is 0.717. The van der Waals surface area contributed by atoms with E-state index in [2.05, 4.69) is 4.98 Å². The minimum Gasteiger partial charge on any atom is -0.493 e. The third-order valence-electron chi connectivity index (χ3n) is 3.89. The highest BCUT2D eigenvalue weighted by Crippen LogP contribution is 2.34. The molecule has 0 saturated heterocycles. The number of carboxylic acids is 1. The average molecular weight is 434 g/mol. The number of thioether (sulfide) groups is 1. The summed E-state index contributed by atoms with van der Waals surface area (Å²) in [5.41, 5.74) is 0.870. The van der Waals surface area contributed by atoms with E-state index in [1.165, 1.54) is 35.2 Å². The number of carbonyl (C=O) groups is 1. The van der Waals surface area contributed by atoms with Crippen LogP contribution in [0.25, 0.3) is 0 Å². The summed E-state index contributed by atoms with van der Waals surface area (Å²) in [7, 11) is 0. The molecule has 2 aromatic carbocycles. The molecule has 1 aromatic heterocycles. The van der Waals surface area contributed by atoms with Gasteiger partial charge in [-0.05, 0) is 62.4 Å². The van der Waals surface area contributed by atoms with Crippen molar-refractivity contribution in [3.8, 4) is 17.2 Å². The molecule has 0 spiro atoms. The summed E-state index contributed by atoms with van der Waals surface area (Å²) in [6, 6.07) is 13.0. The van der Waals surface area contributed by atoms with Gasteiger partial charge in [-0.1, -0.05) is 11.8 Å². The van der Waals surface area contributed by atoms with Gasteiger partial charge in [0.25, 0.3) is 0 Å². The van der Waals surface area contributed by atoms with Gasteiger partial charge in [-0.2, -0.15) is 0 Å². The van der Waals surface area contributed by atoms with Crippen LogP contribution in [0.3, 0.4) is 0 Å². The van der Waals surface area contributed by atoms with Crippen molar-refractivity contribution in [2.24, 2.45) is 0 Å². The maximum atomic E-state index is 12.9. The Morgan fingerprint density at radius 1 is 1.10 bits per heavy atom. The Morgan fingerprint density at radius 2 is 1.69 bits per heavy atom. The zero-order valence-corrected chi connectivity index (χ0v) is 17.6. The third kappa shape index (κ3) is 6.20. The van der Waals surface area contributed by atoms with Gasteiger partial charge in [-0.3, -0.25) is 4.79 Å². The zero-order valence-electron chi connectivity index (χ0n) is 15.9. The molecule has 8 heteroatoms. The third-order valence-corrected chi connectivity index (χ3v) is 6.06. The van der Waals surface area contributed by atoms with E-state index in [1.54, 1.807) is 50.2 Å². The number of hydrogen-bond donors (Lipinski definition) is 1. The summed E-state index contributed by atoms with van der Waals surface area (Å²) in [6.07, 6.45) is 0.623. The van der Waals surface area contributed by atoms with Crippen LogP contribution in [0.1, 0.15) is 19.5 Å². The fraction of sp³-hybridized carbons (Fsp3) is 0.238. The van der Waals surface area contributed by atoms with Gasteiger partial charge in [0.05, 0.1) is 12.3 Å². The van der Waals surface area contributed by atoms with Crippen molar-refractivity contribution in [1.82, 2.24) is 4.98 Å². The van der Waals surface area contributed by atoms with Crippen molar-refractivity contribution in [3.63, 3.8) is 0 Å². The van der Waals surface area contributed by atoms with E-state index in [1.807, 2.05) is 5.38 Å². The molecule has 0 aliphatic carbocycles. The number of aromatic nitrogens is 1. The number of nitrogens with zero attached hydrogens (tertiary/aromatic N) is 1. The average Bonchev–Trinajstić information content (AvgIpc) is 3.11. The Labute approximate surface area is 176 Å². The minimum absolute atomic E-state index is 0.308. The first kappa shape index (κ1) is 21.1. The number of halogens is 1. The standard InChI is InChI=1S/C21H20FNO4S2/c1-21(2,19(24)25)29-20-23-15(13-28-20)11-12-26-16-7-9-18(10-8-16)27-17-5-3-14(22)4-6-17/h3-10,13H,11-12H2,1-2H3,(H,24,25). The van der Waals surface area contributed by atoms with Gasteiger partial charge < -0.3 is 14.6 Å². The van der Waals surface area contributed by atoms with Crippen LogP contribution in [0.15, 0.2) is 58.3 Å². The minimum atomic E-state index is -0.913. The van der Waals surface area contributed by atoms with Gasteiger partial charge in [-0.15, -0.1) is 11.3 Å². The van der Waals surface area contributed by atoms with Crippen LogP contribution in [-0.2, 0) is 11.2 Å². The number of aliphatic carboxylic acids is 1. The normalized spacial score (nSPS) is 11.3. The second-order valence-corrected chi connectivity index (χ2v) is 9.38. The van der Waals surface area contributed by atoms with E-state index in [4.69, 9.17) is 9.47 Å². The molecule has 3 aromatic rings. The molecule has 0 fully saturated rings. The predicted molar refractivity (Wildman–Crippen MR) is 112 cm³/mol. The molecule has 0 aliphatic rings. The zero-order chi connectivity index (χ0) is 20.9. The molecule has 0 aliphatic heterocycles. The Morgan fingerprint density at radius 3 is 2.31 bits per heavy atom. The Kier molecular flexibility index (Phi) is 6.76. The molecule has 5 nitrogen and oxygen atoms in total. The molecule has 1 N–H and O–H groups in total. The summed E-state index contributed by atoms with van der Waals surface area (Å²) in [6.45, 7) is 3.77. The van der Waals surface area contributed by atoms with Crippen LogP contribution in [0.5, 0.6) is 17.2 Å². The fourth-order valence-corrected chi connectivity index (χ4v) is 4.45. The number of hydrogen-bond acceptors (Lipinski definition) is 6. The van der Waals surface area contributed by atoms with Crippen molar-refractivity contribution in [1.29, 1.82) is 0 Å². The molecule has 0 bridgehead atoms. The lowest BCUT2D eigenvalue weighted by molar-refractivity contribution is -0.138. The lowest BCUT2D eigenvalue weighted by Crippen LogP contribution is -2.26. The number of thiazole rings is 1. The van der Waals surface area contributed by atoms with Crippen molar-refractivity contribution in [3.05, 3.63) is 65.4 Å². The van der Waals surface area contributed by atoms with E-state index in [0.717, 1.165) is 10.0 Å². The summed E-state index contributed by atoms with van der Waals surface area (Å²) >= 11 is 2.68. The van der Waals surface area contributed by atoms with Crippen LogP contribution >= 0.6 is 23.1 Å². The topological polar surface area (TPSA) is 68.7 Å². The van der Waals surface area contributed by atoms with Gasteiger partial charge in [0.1, 0.15) is 27.8 Å². The predicted octanol–water partition coefficient (Wildman–Crippen LogP) is 5.65. The van der Waals surface area contributed by atoms with Crippen LogP contribution in [-0.4, -0.2) is 27.4 Å². The van der Waals surface area contributed by atoms with Gasteiger partial charge in [0, 0.05) is 11.8 Å². The Hall–Kier alpha value is -2.58. The first-order valence-electron chi connectivity index (χ1n) is 8.85. The molecule has 3 rings (SSSR count). The fourth-order valence-electron chi connectivity index (χ4n) is 2.23. The number of ether oxygens (including phenoxy) is 2. The summed E-state index contributed by atoms with van der Waals surface area (Å²) in [4.78, 5) is 15.7. The molecular formula is C21H20FNO4S2. The lowest BCUT2D eigenvalue weighted by atomic mass is 10.2. The maximum absolute atomic E-state index is 12.9. The first-order valence-corrected chi connectivity index (χ1v) is 10.5. The molecule has 0 radical (unpaired) electrons. The van der Waals surface area contributed by atoms with Crippen molar-refractivity contribution < 1.29 is 23.8 Å². The smallest absolute Gasteiger partial charge is 0.319 e. The van der Waals surface area contributed by atoms with Gasteiger partial charge in [-0.25, -0.2) is 9.37 Å². The second-order valence-electron chi connectivity index (χ2n) is 6.65. The molecule has 0 amide bonds. The Bertz CT molecular complexity index is 956. The van der Waals surface area contributed by atoms with Crippen molar-refractivity contribution in [2.75, 3.05) is 6.61 Å². The van der Waals surface area contributed by atoms with E-state index in [9.17, 15) is 14.3 Å². The van der Waals surface area contributed by atoms with Crippen LogP contribution < -0.4 is 9.47 Å². The Balaban J connectivity index is 1.47. The molecular weight excluding hydrogens is 413 g/mol. The molecule has 0 atom stereocenters. The highest BCUT2D eigenvalue weighted by atomic mass is 32.2. The first-order chi connectivity index (χ1) is 13.8. The second kappa shape index (κ2) is 9.28. The molecule has 29 heavy (non-hydrogen) atoms. The summed E-state index contributed by atoms with van der Waals surface area (Å²) in [5, 5.41) is 11.1. The summed E-state index contributed by atoms with van der Waals surface area (Å²) < 4.78 is 24.1. The molecule has 1 heterocycles. The van der Waals surface area contributed by atoms with Gasteiger partial charge in [0.15, 0.2) is 4.34 Å².